The van der Waals surface area contributed by atoms with Gasteiger partial charge in [0.05, 0.1) is 18.4 Å². The number of aromatic nitrogens is 2. The Labute approximate surface area is 110 Å². The zero-order chi connectivity index (χ0) is 13.8. The standard InChI is InChI=1S/C14H14N2O3/c1-9-11(7-8-13(17)18)16-14(15-9)10-5-3-4-6-12(10)19-2/h3-8H,1-2H3,(H,15,16)(H,17,18)/b8-7+. The van der Waals surface area contributed by atoms with Crippen molar-refractivity contribution in [2.24, 2.45) is 0 Å². The highest BCUT2D eigenvalue weighted by atomic mass is 16.5. The summed E-state index contributed by atoms with van der Waals surface area (Å²) in [6, 6.07) is 7.51. The number of aliphatic carboxylic acids is 1. The average molecular weight is 258 g/mol. The molecule has 1 aromatic carbocycles. The van der Waals surface area contributed by atoms with Crippen molar-refractivity contribution in [3.8, 4) is 17.1 Å². The van der Waals surface area contributed by atoms with Crippen molar-refractivity contribution in [1.29, 1.82) is 0 Å². The normalized spacial score (nSPS) is 10.8. The lowest BCUT2D eigenvalue weighted by Gasteiger charge is -2.04. The third kappa shape index (κ3) is 2.82. The van der Waals surface area contributed by atoms with Gasteiger partial charge in [0.15, 0.2) is 0 Å². The number of carboxylic acid groups (broad SMARTS) is 1. The first-order valence-corrected chi connectivity index (χ1v) is 5.73. The summed E-state index contributed by atoms with van der Waals surface area (Å²) >= 11 is 0. The van der Waals surface area contributed by atoms with Crippen LogP contribution in [-0.2, 0) is 4.79 Å². The summed E-state index contributed by atoms with van der Waals surface area (Å²) in [6.45, 7) is 1.84. The van der Waals surface area contributed by atoms with Crippen molar-refractivity contribution < 1.29 is 14.6 Å². The molecule has 0 fully saturated rings. The molecule has 0 unspecified atom stereocenters. The molecule has 2 N–H and O–H groups in total. The Kier molecular flexibility index (Phi) is 3.66. The molecule has 0 saturated carbocycles. The van der Waals surface area contributed by atoms with Crippen LogP contribution in [0.4, 0.5) is 0 Å². The smallest absolute Gasteiger partial charge is 0.328 e. The van der Waals surface area contributed by atoms with Gasteiger partial charge in [0, 0.05) is 11.8 Å². The van der Waals surface area contributed by atoms with Crippen LogP contribution in [0.5, 0.6) is 5.75 Å². The molecule has 2 aromatic rings. The van der Waals surface area contributed by atoms with Gasteiger partial charge in [0.2, 0.25) is 0 Å². The molecule has 98 valence electrons. The van der Waals surface area contributed by atoms with Crippen LogP contribution in [0, 0.1) is 6.92 Å². The number of hydrogen-bond donors (Lipinski definition) is 2. The predicted octanol–water partition coefficient (Wildman–Crippen LogP) is 2.49. The van der Waals surface area contributed by atoms with E-state index in [9.17, 15) is 4.79 Å². The summed E-state index contributed by atoms with van der Waals surface area (Å²) < 4.78 is 5.27. The zero-order valence-corrected chi connectivity index (χ0v) is 10.7. The maximum absolute atomic E-state index is 10.5. The number of aryl methyl sites for hydroxylation is 1. The molecule has 2 rings (SSSR count). The van der Waals surface area contributed by atoms with E-state index in [0.717, 1.165) is 17.3 Å². The molecular formula is C14H14N2O3. The number of carboxylic acids is 1. The minimum absolute atomic E-state index is 0.600. The molecule has 1 heterocycles. The Hall–Kier alpha value is -2.56. The molecule has 1 aromatic heterocycles. The lowest BCUT2D eigenvalue weighted by atomic mass is 10.2. The number of hydrogen-bond acceptors (Lipinski definition) is 3. The topological polar surface area (TPSA) is 75.2 Å². The second kappa shape index (κ2) is 5.39. The van der Waals surface area contributed by atoms with Crippen molar-refractivity contribution in [2.45, 2.75) is 6.92 Å². The van der Waals surface area contributed by atoms with E-state index in [1.807, 2.05) is 31.2 Å². The van der Waals surface area contributed by atoms with E-state index in [4.69, 9.17) is 9.84 Å². The van der Waals surface area contributed by atoms with E-state index >= 15 is 0 Å². The SMILES string of the molecule is COc1ccccc1-c1nc(/C=C/C(=O)O)c(C)[nH]1. The van der Waals surface area contributed by atoms with Crippen LogP contribution in [0.3, 0.4) is 0 Å². The molecule has 0 radical (unpaired) electrons. The predicted molar refractivity (Wildman–Crippen MR) is 72.0 cm³/mol. The maximum Gasteiger partial charge on any atom is 0.328 e. The Morgan fingerprint density at radius 1 is 1.42 bits per heavy atom. The van der Waals surface area contributed by atoms with Gasteiger partial charge in [-0.3, -0.25) is 0 Å². The maximum atomic E-state index is 10.5. The van der Waals surface area contributed by atoms with Crippen LogP contribution in [0.15, 0.2) is 30.3 Å². The summed E-state index contributed by atoms with van der Waals surface area (Å²) in [7, 11) is 1.60. The summed E-state index contributed by atoms with van der Waals surface area (Å²) in [4.78, 5) is 18.0. The Morgan fingerprint density at radius 2 is 2.16 bits per heavy atom. The third-order valence-electron chi connectivity index (χ3n) is 2.67. The van der Waals surface area contributed by atoms with Gasteiger partial charge in [-0.05, 0) is 25.1 Å². The van der Waals surface area contributed by atoms with Crippen molar-refractivity contribution in [3.63, 3.8) is 0 Å². The van der Waals surface area contributed by atoms with E-state index in [-0.39, 0.29) is 0 Å². The highest BCUT2D eigenvalue weighted by molar-refractivity contribution is 5.85. The number of ether oxygens (including phenoxy) is 1. The summed E-state index contributed by atoms with van der Waals surface area (Å²) in [5.74, 6) is 0.367. The number of aromatic amines is 1. The summed E-state index contributed by atoms with van der Waals surface area (Å²) in [6.07, 6.45) is 2.53. The van der Waals surface area contributed by atoms with Crippen molar-refractivity contribution in [3.05, 3.63) is 41.7 Å². The minimum atomic E-state index is -0.999. The fourth-order valence-electron chi connectivity index (χ4n) is 1.75. The van der Waals surface area contributed by atoms with Crippen LogP contribution in [0.2, 0.25) is 0 Å². The molecule has 0 atom stereocenters. The van der Waals surface area contributed by atoms with E-state index in [1.54, 1.807) is 7.11 Å². The van der Waals surface area contributed by atoms with Gasteiger partial charge in [0.25, 0.3) is 0 Å². The molecule has 5 nitrogen and oxygen atoms in total. The molecule has 0 aliphatic heterocycles. The number of methoxy groups -OCH3 is 1. The molecule has 5 heteroatoms. The quantitative estimate of drug-likeness (QED) is 0.826. The monoisotopic (exact) mass is 258 g/mol. The van der Waals surface area contributed by atoms with Crippen LogP contribution in [-0.4, -0.2) is 28.2 Å². The van der Waals surface area contributed by atoms with Gasteiger partial charge >= 0.3 is 5.97 Å². The molecular weight excluding hydrogens is 244 g/mol. The van der Waals surface area contributed by atoms with Gasteiger partial charge in [-0.1, -0.05) is 12.1 Å². The van der Waals surface area contributed by atoms with Gasteiger partial charge in [-0.15, -0.1) is 0 Å². The molecule has 0 amide bonds. The van der Waals surface area contributed by atoms with Crippen LogP contribution < -0.4 is 4.74 Å². The van der Waals surface area contributed by atoms with Crippen LogP contribution in [0.1, 0.15) is 11.4 Å². The van der Waals surface area contributed by atoms with Crippen molar-refractivity contribution in [2.75, 3.05) is 7.11 Å². The Morgan fingerprint density at radius 3 is 2.84 bits per heavy atom. The molecule has 0 bridgehead atoms. The van der Waals surface area contributed by atoms with E-state index in [2.05, 4.69) is 9.97 Å². The van der Waals surface area contributed by atoms with Gasteiger partial charge < -0.3 is 14.8 Å². The number of nitrogens with zero attached hydrogens (tertiary/aromatic N) is 1. The third-order valence-corrected chi connectivity index (χ3v) is 2.67. The number of benzene rings is 1. The first-order valence-electron chi connectivity index (χ1n) is 5.73. The zero-order valence-electron chi connectivity index (χ0n) is 10.7. The molecule has 0 spiro atoms. The van der Waals surface area contributed by atoms with E-state index in [1.165, 1.54) is 6.08 Å². The summed E-state index contributed by atoms with van der Waals surface area (Å²) in [5.41, 5.74) is 2.24. The van der Waals surface area contributed by atoms with Gasteiger partial charge in [0.1, 0.15) is 11.6 Å². The number of H-pyrrole nitrogens is 1. The lowest BCUT2D eigenvalue weighted by molar-refractivity contribution is -0.131. The number of nitrogens with one attached hydrogen (secondary N) is 1. The lowest BCUT2D eigenvalue weighted by Crippen LogP contribution is -1.89. The van der Waals surface area contributed by atoms with Crippen molar-refractivity contribution in [1.82, 2.24) is 9.97 Å². The molecule has 19 heavy (non-hydrogen) atoms. The highest BCUT2D eigenvalue weighted by Crippen LogP contribution is 2.28. The second-order valence-electron chi connectivity index (χ2n) is 3.97. The van der Waals surface area contributed by atoms with Crippen LogP contribution >= 0.6 is 0 Å². The molecule has 0 aliphatic rings. The van der Waals surface area contributed by atoms with Gasteiger partial charge in [-0.2, -0.15) is 0 Å². The minimum Gasteiger partial charge on any atom is -0.496 e. The number of rotatable bonds is 4. The fraction of sp³-hybridized carbons (Fsp3) is 0.143. The van der Waals surface area contributed by atoms with E-state index in [0.29, 0.717) is 17.3 Å². The fourth-order valence-corrected chi connectivity index (χ4v) is 1.75. The average Bonchev–Trinajstić information content (AvgIpc) is 2.77. The largest absolute Gasteiger partial charge is 0.496 e. The summed E-state index contributed by atoms with van der Waals surface area (Å²) in [5, 5.41) is 8.63. The Bertz CT molecular complexity index is 629. The van der Waals surface area contributed by atoms with E-state index < -0.39 is 5.97 Å². The van der Waals surface area contributed by atoms with Crippen molar-refractivity contribution >= 4 is 12.0 Å². The molecule has 0 saturated heterocycles. The van der Waals surface area contributed by atoms with Gasteiger partial charge in [-0.25, -0.2) is 9.78 Å². The number of carbonyl (C=O) groups is 1. The second-order valence-corrected chi connectivity index (χ2v) is 3.97. The number of imidazole rings is 1. The van der Waals surface area contributed by atoms with Crippen LogP contribution in [0.25, 0.3) is 17.5 Å². The Balaban J connectivity index is 2.42. The first-order chi connectivity index (χ1) is 9.11. The number of para-hydroxylation sites is 1. The highest BCUT2D eigenvalue weighted by Gasteiger charge is 2.10. The first kappa shape index (κ1) is 12.9. The molecule has 0 aliphatic carbocycles.